The molecule has 0 aromatic heterocycles. The Morgan fingerprint density at radius 2 is 1.97 bits per heavy atom. The van der Waals surface area contributed by atoms with Crippen molar-refractivity contribution in [2.24, 2.45) is 11.1 Å². The zero-order valence-corrected chi connectivity index (χ0v) is 20.8. The summed E-state index contributed by atoms with van der Waals surface area (Å²) in [7, 11) is 1.42. The van der Waals surface area contributed by atoms with E-state index in [1.165, 1.54) is 12.0 Å². The number of ether oxygens (including phenoxy) is 1. The van der Waals surface area contributed by atoms with Gasteiger partial charge in [-0.3, -0.25) is 14.4 Å². The Morgan fingerprint density at radius 3 is 2.62 bits per heavy atom. The van der Waals surface area contributed by atoms with E-state index in [4.69, 9.17) is 33.7 Å². The molecule has 10 heteroatoms. The van der Waals surface area contributed by atoms with Crippen LogP contribution in [0, 0.1) is 5.41 Å². The van der Waals surface area contributed by atoms with E-state index in [0.29, 0.717) is 45.6 Å². The van der Waals surface area contributed by atoms with Crippen LogP contribution in [0.4, 0.5) is 11.4 Å². The number of carbonyl (C=O) groups is 3. The van der Waals surface area contributed by atoms with Crippen LogP contribution in [0.15, 0.2) is 36.4 Å². The molecule has 1 aliphatic rings. The lowest BCUT2D eigenvalue weighted by atomic mass is 9.94. The Balaban J connectivity index is 2.03. The molecular weight excluding hydrogens is 479 g/mol. The fourth-order valence-electron chi connectivity index (χ4n) is 3.64. The molecule has 182 valence electrons. The number of carbonyl (C=O) groups excluding carboxylic acids is 3. The Bertz CT molecular complexity index is 1110. The summed E-state index contributed by atoms with van der Waals surface area (Å²) < 4.78 is 5.08. The highest BCUT2D eigenvalue weighted by Crippen LogP contribution is 2.41. The molecule has 1 atom stereocenters. The van der Waals surface area contributed by atoms with Crippen LogP contribution in [-0.4, -0.2) is 44.5 Å². The molecule has 0 bridgehead atoms. The van der Waals surface area contributed by atoms with Gasteiger partial charge in [0.15, 0.2) is 0 Å². The zero-order chi connectivity index (χ0) is 25.0. The molecule has 1 unspecified atom stereocenters. The predicted octanol–water partition coefficient (Wildman–Crippen LogP) is 3.77. The number of anilines is 2. The van der Waals surface area contributed by atoms with Crippen LogP contribution < -0.4 is 21.3 Å². The molecule has 0 spiro atoms. The number of benzene rings is 2. The number of hydrogen-bond donors (Lipinski definition) is 3. The van der Waals surface area contributed by atoms with E-state index >= 15 is 0 Å². The third kappa shape index (κ3) is 5.88. The molecule has 0 aliphatic carbocycles. The van der Waals surface area contributed by atoms with Gasteiger partial charge in [-0.2, -0.15) is 0 Å². The highest BCUT2D eigenvalue weighted by Gasteiger charge is 2.35. The molecule has 0 saturated heterocycles. The average molecular weight is 507 g/mol. The maximum atomic E-state index is 13.1. The topological polar surface area (TPSA) is 114 Å². The number of nitrogens with two attached hydrogens (primary N) is 1. The van der Waals surface area contributed by atoms with Gasteiger partial charge in [-0.25, -0.2) is 0 Å². The molecule has 2 aromatic carbocycles. The summed E-state index contributed by atoms with van der Waals surface area (Å²) in [6, 6.07) is 9.01. The number of nitrogens with one attached hydrogen (secondary N) is 2. The molecule has 2 aromatic rings. The van der Waals surface area contributed by atoms with Gasteiger partial charge in [-0.1, -0.05) is 43.1 Å². The van der Waals surface area contributed by atoms with E-state index in [0.717, 1.165) is 0 Å². The molecule has 3 rings (SSSR count). The Labute approximate surface area is 208 Å². The fraction of sp³-hybridized carbons (Fsp3) is 0.375. The van der Waals surface area contributed by atoms with E-state index in [-0.39, 0.29) is 36.2 Å². The zero-order valence-electron chi connectivity index (χ0n) is 19.3. The van der Waals surface area contributed by atoms with Crippen molar-refractivity contribution in [2.75, 3.05) is 37.0 Å². The summed E-state index contributed by atoms with van der Waals surface area (Å²) in [6.07, 6.45) is -0.0439. The maximum absolute atomic E-state index is 13.1. The largest absolute Gasteiger partial charge is 0.375 e. The number of rotatable bonds is 7. The third-order valence-electron chi connectivity index (χ3n) is 5.62. The second kappa shape index (κ2) is 10.7. The van der Waals surface area contributed by atoms with Crippen molar-refractivity contribution in [1.82, 2.24) is 5.32 Å². The summed E-state index contributed by atoms with van der Waals surface area (Å²) in [5.41, 5.74) is 7.17. The highest BCUT2D eigenvalue weighted by atomic mass is 35.5. The molecule has 3 amide bonds. The van der Waals surface area contributed by atoms with Gasteiger partial charge in [0.2, 0.25) is 5.91 Å². The lowest BCUT2D eigenvalue weighted by Gasteiger charge is -2.31. The van der Waals surface area contributed by atoms with Crippen LogP contribution in [0.25, 0.3) is 0 Å². The van der Waals surface area contributed by atoms with E-state index in [2.05, 4.69) is 10.6 Å². The van der Waals surface area contributed by atoms with Gasteiger partial charge in [-0.15, -0.1) is 0 Å². The van der Waals surface area contributed by atoms with Crippen molar-refractivity contribution < 1.29 is 19.1 Å². The van der Waals surface area contributed by atoms with E-state index in [1.54, 1.807) is 36.4 Å². The minimum atomic E-state index is -0.696. The van der Waals surface area contributed by atoms with Crippen LogP contribution in [0.5, 0.6) is 0 Å². The van der Waals surface area contributed by atoms with Crippen LogP contribution >= 0.6 is 23.2 Å². The van der Waals surface area contributed by atoms with Gasteiger partial charge in [0.05, 0.1) is 23.8 Å². The average Bonchev–Trinajstić information content (AvgIpc) is 2.92. The Kier molecular flexibility index (Phi) is 8.20. The van der Waals surface area contributed by atoms with Gasteiger partial charge in [-0.05, 0) is 47.9 Å². The fourth-order valence-corrected chi connectivity index (χ4v) is 4.17. The quantitative estimate of drug-likeness (QED) is 0.528. The first kappa shape index (κ1) is 26.0. The lowest BCUT2D eigenvalue weighted by molar-refractivity contribution is -0.122. The van der Waals surface area contributed by atoms with Gasteiger partial charge < -0.3 is 26.0 Å². The molecule has 4 N–H and O–H groups in total. The van der Waals surface area contributed by atoms with Crippen LogP contribution in [0.2, 0.25) is 10.0 Å². The number of methoxy groups -OCH3 is 1. The van der Waals surface area contributed by atoms with Crippen molar-refractivity contribution >= 4 is 52.3 Å². The number of halogens is 2. The van der Waals surface area contributed by atoms with Gasteiger partial charge >= 0.3 is 0 Å². The summed E-state index contributed by atoms with van der Waals surface area (Å²) >= 11 is 12.5. The van der Waals surface area contributed by atoms with E-state index in [9.17, 15) is 14.4 Å². The molecule has 8 nitrogen and oxygen atoms in total. The van der Waals surface area contributed by atoms with Crippen LogP contribution in [0.3, 0.4) is 0 Å². The minimum absolute atomic E-state index is 0.0439. The minimum Gasteiger partial charge on any atom is -0.375 e. The third-order valence-corrected chi connectivity index (χ3v) is 6.18. The van der Waals surface area contributed by atoms with E-state index < -0.39 is 6.04 Å². The monoisotopic (exact) mass is 506 g/mol. The second-order valence-electron chi connectivity index (χ2n) is 8.91. The van der Waals surface area contributed by atoms with Crippen molar-refractivity contribution in [3.8, 4) is 0 Å². The standard InChI is InChI=1S/C24H28Cl2N4O4/c1-24(2,12-27)13-28-23(33)14-4-7-19-18(8-14)29-21(31)10-20(30(19)22(32)11-34-3)16-6-5-15(25)9-17(16)26/h4-9,20H,10-13,27H2,1-3H3,(H,28,33)(H,29,31). The molecule has 0 radical (unpaired) electrons. The van der Waals surface area contributed by atoms with Crippen LogP contribution in [-0.2, 0) is 14.3 Å². The molecular formula is C24H28Cl2N4O4. The van der Waals surface area contributed by atoms with E-state index in [1.807, 2.05) is 13.8 Å². The first-order chi connectivity index (χ1) is 16.1. The van der Waals surface area contributed by atoms with Gasteiger partial charge in [0, 0.05) is 29.3 Å². The Hall–Kier alpha value is -2.65. The summed E-state index contributed by atoms with van der Waals surface area (Å²) in [6.45, 7) is 4.50. The number of nitrogens with zero attached hydrogens (tertiary/aromatic N) is 1. The number of amides is 3. The molecule has 1 heterocycles. The number of fused-ring (bicyclic) bond motifs is 1. The normalized spacial score (nSPS) is 15.9. The van der Waals surface area contributed by atoms with Gasteiger partial charge in [0.1, 0.15) is 6.61 Å². The van der Waals surface area contributed by atoms with Gasteiger partial charge in [0.25, 0.3) is 11.8 Å². The smallest absolute Gasteiger partial charge is 0.253 e. The van der Waals surface area contributed by atoms with Crippen molar-refractivity contribution in [2.45, 2.75) is 26.3 Å². The Morgan fingerprint density at radius 1 is 1.24 bits per heavy atom. The first-order valence-electron chi connectivity index (χ1n) is 10.7. The molecule has 0 saturated carbocycles. The van der Waals surface area contributed by atoms with Crippen LogP contribution in [0.1, 0.15) is 42.2 Å². The molecule has 1 aliphatic heterocycles. The maximum Gasteiger partial charge on any atom is 0.253 e. The van der Waals surface area contributed by atoms with Crippen molar-refractivity contribution in [1.29, 1.82) is 0 Å². The predicted molar refractivity (Wildman–Crippen MR) is 133 cm³/mol. The first-order valence-corrected chi connectivity index (χ1v) is 11.5. The van der Waals surface area contributed by atoms with Crippen molar-refractivity contribution in [3.63, 3.8) is 0 Å². The lowest BCUT2D eigenvalue weighted by Crippen LogP contribution is -2.38. The highest BCUT2D eigenvalue weighted by molar-refractivity contribution is 6.35. The summed E-state index contributed by atoms with van der Waals surface area (Å²) in [4.78, 5) is 40.2. The SMILES string of the molecule is COCC(=O)N1c2ccc(C(=O)NCC(C)(C)CN)cc2NC(=O)CC1c1ccc(Cl)cc1Cl. The molecule has 0 fully saturated rings. The van der Waals surface area contributed by atoms with Crippen molar-refractivity contribution in [3.05, 3.63) is 57.6 Å². The second-order valence-corrected chi connectivity index (χ2v) is 9.76. The summed E-state index contributed by atoms with van der Waals surface area (Å²) in [5, 5.41) is 6.46. The summed E-state index contributed by atoms with van der Waals surface area (Å²) in [5.74, 6) is -1.00. The molecule has 34 heavy (non-hydrogen) atoms. The number of hydrogen-bond acceptors (Lipinski definition) is 5.